The molecule has 0 spiro atoms. The average Bonchev–Trinajstić information content (AvgIpc) is 3.31. The Morgan fingerprint density at radius 3 is 2.23 bits per heavy atom. The Kier molecular flexibility index (Phi) is 6.04. The molecule has 3 aromatic rings. The summed E-state index contributed by atoms with van der Waals surface area (Å²) in [4.78, 5) is 0. The fraction of sp³-hybridized carbons (Fsp3) is 0.290. The van der Waals surface area contributed by atoms with Crippen molar-refractivity contribution in [1.29, 1.82) is 0 Å². The van der Waals surface area contributed by atoms with Crippen molar-refractivity contribution < 1.29 is 19.7 Å². The Morgan fingerprint density at radius 2 is 1.54 bits per heavy atom. The van der Waals surface area contributed by atoms with Gasteiger partial charge in [0.15, 0.2) is 0 Å². The minimum atomic E-state index is -0.406. The zero-order valence-corrected chi connectivity index (χ0v) is 20.8. The van der Waals surface area contributed by atoms with Gasteiger partial charge in [0.1, 0.15) is 24.7 Å². The third-order valence-corrected chi connectivity index (χ3v) is 7.42. The maximum atomic E-state index is 9.30. The molecule has 0 aliphatic heterocycles. The monoisotopic (exact) mass is 468 g/mol. The van der Waals surface area contributed by atoms with E-state index < -0.39 is 5.41 Å². The van der Waals surface area contributed by atoms with Gasteiger partial charge in [-0.2, -0.15) is 0 Å². The number of aliphatic hydroxyl groups is 2. The molecular formula is C31H32O4. The summed E-state index contributed by atoms with van der Waals surface area (Å²) in [6, 6.07) is 17.3. The van der Waals surface area contributed by atoms with Crippen molar-refractivity contribution in [3.05, 3.63) is 99.6 Å². The van der Waals surface area contributed by atoms with Crippen LogP contribution in [0.15, 0.2) is 66.3 Å². The van der Waals surface area contributed by atoms with Gasteiger partial charge in [-0.3, -0.25) is 0 Å². The molecule has 4 heteroatoms. The third kappa shape index (κ3) is 3.28. The first-order valence-electron chi connectivity index (χ1n) is 12.2. The second-order valence-corrected chi connectivity index (χ2v) is 9.25. The highest BCUT2D eigenvalue weighted by Gasteiger charge is 2.52. The number of aliphatic hydroxyl groups excluding tert-OH is 2. The molecule has 3 aromatic carbocycles. The van der Waals surface area contributed by atoms with E-state index in [9.17, 15) is 10.2 Å². The number of fused-ring (bicyclic) bond motifs is 3. The number of allylic oxidation sites excluding steroid dienone is 4. The predicted octanol–water partition coefficient (Wildman–Crippen LogP) is 5.72. The van der Waals surface area contributed by atoms with Gasteiger partial charge in [-0.05, 0) is 95.5 Å². The number of ether oxygens (including phenoxy) is 2. The molecule has 0 fully saturated rings. The van der Waals surface area contributed by atoms with E-state index in [2.05, 4.69) is 76.2 Å². The fourth-order valence-electron chi connectivity index (χ4n) is 6.08. The van der Waals surface area contributed by atoms with E-state index in [1.165, 1.54) is 44.5 Å². The van der Waals surface area contributed by atoms with Gasteiger partial charge in [-0.1, -0.05) is 48.6 Å². The molecule has 0 heterocycles. The number of hydrogen-bond donors (Lipinski definition) is 2. The van der Waals surface area contributed by atoms with Gasteiger partial charge < -0.3 is 19.7 Å². The van der Waals surface area contributed by atoms with Gasteiger partial charge in [0.05, 0.1) is 18.6 Å². The molecule has 4 nitrogen and oxygen atoms in total. The molecule has 2 aliphatic rings. The van der Waals surface area contributed by atoms with Crippen molar-refractivity contribution in [3.63, 3.8) is 0 Å². The molecule has 0 aromatic heterocycles. The summed E-state index contributed by atoms with van der Waals surface area (Å²) in [7, 11) is 0. The maximum Gasteiger partial charge on any atom is 0.122 e. The minimum Gasteiger partial charge on any atom is -0.491 e. The SMILES string of the molecule is C/C=C\C1=C(C)C2(c3ccc(OCCO)c(C)c3)c3ccc(OCCO)c(C)c3-c3cccc1c32. The minimum absolute atomic E-state index is 0.0102. The van der Waals surface area contributed by atoms with Crippen LogP contribution in [0.25, 0.3) is 16.7 Å². The van der Waals surface area contributed by atoms with E-state index in [4.69, 9.17) is 9.47 Å². The molecule has 0 bridgehead atoms. The highest BCUT2D eigenvalue weighted by atomic mass is 16.5. The largest absolute Gasteiger partial charge is 0.491 e. The molecule has 1 atom stereocenters. The van der Waals surface area contributed by atoms with E-state index in [0.717, 1.165) is 22.6 Å². The predicted molar refractivity (Wildman–Crippen MR) is 140 cm³/mol. The highest BCUT2D eigenvalue weighted by molar-refractivity contribution is 6.00. The van der Waals surface area contributed by atoms with Crippen molar-refractivity contribution in [2.45, 2.75) is 33.1 Å². The van der Waals surface area contributed by atoms with Crippen molar-refractivity contribution in [2.24, 2.45) is 0 Å². The van der Waals surface area contributed by atoms with Crippen LogP contribution < -0.4 is 9.47 Å². The first-order valence-corrected chi connectivity index (χ1v) is 12.2. The maximum absolute atomic E-state index is 9.30. The number of rotatable bonds is 8. The van der Waals surface area contributed by atoms with Gasteiger partial charge in [0.25, 0.3) is 0 Å². The summed E-state index contributed by atoms with van der Waals surface area (Å²) in [5.41, 5.74) is 11.8. The zero-order valence-electron chi connectivity index (χ0n) is 20.8. The average molecular weight is 469 g/mol. The lowest BCUT2D eigenvalue weighted by molar-refractivity contribution is 0.200. The van der Waals surface area contributed by atoms with E-state index in [0.29, 0.717) is 0 Å². The smallest absolute Gasteiger partial charge is 0.122 e. The van der Waals surface area contributed by atoms with Gasteiger partial charge in [-0.25, -0.2) is 0 Å². The summed E-state index contributed by atoms with van der Waals surface area (Å²) in [5.74, 6) is 1.60. The van der Waals surface area contributed by atoms with Crippen molar-refractivity contribution in [2.75, 3.05) is 26.4 Å². The van der Waals surface area contributed by atoms with Crippen LogP contribution in [0, 0.1) is 13.8 Å². The fourth-order valence-corrected chi connectivity index (χ4v) is 6.08. The lowest BCUT2D eigenvalue weighted by Gasteiger charge is -2.32. The second-order valence-electron chi connectivity index (χ2n) is 9.25. The molecule has 0 amide bonds. The van der Waals surface area contributed by atoms with Crippen LogP contribution in [0.2, 0.25) is 0 Å². The third-order valence-electron chi connectivity index (χ3n) is 7.42. The molecule has 2 aliphatic carbocycles. The van der Waals surface area contributed by atoms with Crippen LogP contribution >= 0.6 is 0 Å². The van der Waals surface area contributed by atoms with Gasteiger partial charge in [0.2, 0.25) is 0 Å². The van der Waals surface area contributed by atoms with E-state index in [-0.39, 0.29) is 26.4 Å². The summed E-state index contributed by atoms with van der Waals surface area (Å²) in [5, 5.41) is 18.5. The van der Waals surface area contributed by atoms with E-state index in [1.54, 1.807) is 0 Å². The quantitative estimate of drug-likeness (QED) is 0.444. The Labute approximate surface area is 207 Å². The summed E-state index contributed by atoms with van der Waals surface area (Å²) < 4.78 is 11.7. The molecule has 0 saturated heterocycles. The molecule has 1 unspecified atom stereocenters. The first kappa shape index (κ1) is 23.4. The summed E-state index contributed by atoms with van der Waals surface area (Å²) >= 11 is 0. The van der Waals surface area contributed by atoms with Crippen LogP contribution in [-0.4, -0.2) is 36.6 Å². The summed E-state index contributed by atoms with van der Waals surface area (Å²) in [6.45, 7) is 9.03. The topological polar surface area (TPSA) is 58.9 Å². The Bertz CT molecular complexity index is 1360. The standard InChI is InChI=1S/C31H32O4/c1-5-7-23-21(4)31(22-10-12-27(19(2)18-22)34-16-14-32)26-11-13-28(35-17-15-33)20(3)29(26)25-9-6-8-24(23)30(25)31/h5-13,18,32-33H,14-17H2,1-4H3/b7-5-. The van der Waals surface area contributed by atoms with Crippen LogP contribution in [0.3, 0.4) is 0 Å². The zero-order chi connectivity index (χ0) is 24.7. The Morgan fingerprint density at radius 1 is 0.857 bits per heavy atom. The lowest BCUT2D eigenvalue weighted by Crippen LogP contribution is -2.26. The first-order chi connectivity index (χ1) is 17.0. The van der Waals surface area contributed by atoms with Crippen molar-refractivity contribution in [3.8, 4) is 22.6 Å². The normalized spacial score (nSPS) is 17.8. The van der Waals surface area contributed by atoms with Crippen molar-refractivity contribution >= 4 is 5.57 Å². The molecular weight excluding hydrogens is 436 g/mol. The van der Waals surface area contributed by atoms with Crippen LogP contribution in [0.5, 0.6) is 11.5 Å². The van der Waals surface area contributed by atoms with Crippen LogP contribution in [0.4, 0.5) is 0 Å². The molecule has 5 rings (SSSR count). The number of aryl methyl sites for hydroxylation is 1. The molecule has 0 saturated carbocycles. The van der Waals surface area contributed by atoms with Crippen LogP contribution in [0.1, 0.15) is 47.2 Å². The van der Waals surface area contributed by atoms with Gasteiger partial charge in [-0.15, -0.1) is 0 Å². The number of benzene rings is 3. The van der Waals surface area contributed by atoms with E-state index in [1.807, 2.05) is 12.1 Å². The highest BCUT2D eigenvalue weighted by Crippen LogP contribution is 2.64. The number of hydrogen-bond acceptors (Lipinski definition) is 4. The molecule has 2 N–H and O–H groups in total. The second kappa shape index (κ2) is 9.03. The van der Waals surface area contributed by atoms with E-state index >= 15 is 0 Å². The Hall–Kier alpha value is -3.34. The summed E-state index contributed by atoms with van der Waals surface area (Å²) in [6.07, 6.45) is 4.34. The molecule has 0 radical (unpaired) electrons. The van der Waals surface area contributed by atoms with Crippen LogP contribution in [-0.2, 0) is 5.41 Å². The van der Waals surface area contributed by atoms with Crippen molar-refractivity contribution in [1.82, 2.24) is 0 Å². The molecule has 35 heavy (non-hydrogen) atoms. The van der Waals surface area contributed by atoms with Gasteiger partial charge >= 0.3 is 0 Å². The lowest BCUT2D eigenvalue weighted by atomic mass is 9.69. The Balaban J connectivity index is 1.82. The van der Waals surface area contributed by atoms with Gasteiger partial charge in [0, 0.05) is 0 Å². The molecule has 180 valence electrons.